The molecule has 2 rings (SSSR count). The number of ether oxygens (including phenoxy) is 3. The Morgan fingerprint density at radius 1 is 1.22 bits per heavy atom. The molecule has 6 nitrogen and oxygen atoms in total. The van der Waals surface area contributed by atoms with Gasteiger partial charge in [0.2, 0.25) is 0 Å². The van der Waals surface area contributed by atoms with Gasteiger partial charge in [-0.05, 0) is 28.1 Å². The molecule has 0 spiro atoms. The minimum Gasteiger partial charge on any atom is -0.469 e. The maximum absolute atomic E-state index is 12.3. The van der Waals surface area contributed by atoms with Crippen LogP contribution < -0.4 is 4.74 Å². The minimum absolute atomic E-state index is 0.291. The molecule has 1 aromatic rings. The Bertz CT molecular complexity index is 672. The van der Waals surface area contributed by atoms with Gasteiger partial charge in [-0.15, -0.1) is 0 Å². The van der Waals surface area contributed by atoms with Gasteiger partial charge in [-0.25, -0.2) is 0 Å². The number of esters is 3. The van der Waals surface area contributed by atoms with Crippen molar-refractivity contribution in [2.45, 2.75) is 12.8 Å². The van der Waals surface area contributed by atoms with Gasteiger partial charge in [-0.3, -0.25) is 14.4 Å². The van der Waals surface area contributed by atoms with Gasteiger partial charge < -0.3 is 14.2 Å². The molecule has 8 heteroatoms. The third-order valence-electron chi connectivity index (χ3n) is 3.78. The van der Waals surface area contributed by atoms with Crippen molar-refractivity contribution in [2.75, 3.05) is 14.2 Å². The number of methoxy groups -OCH3 is 2. The van der Waals surface area contributed by atoms with Crippen LogP contribution >= 0.6 is 31.9 Å². The monoisotopic (exact) mass is 448 g/mol. The van der Waals surface area contributed by atoms with Crippen LogP contribution in [0.25, 0.3) is 0 Å². The summed E-state index contributed by atoms with van der Waals surface area (Å²) in [7, 11) is 2.44. The molecular formula is C15H14Br2O6. The van der Waals surface area contributed by atoms with E-state index in [1.807, 2.05) is 0 Å². The molecular weight excluding hydrogens is 436 g/mol. The third-order valence-corrected chi connectivity index (χ3v) is 4.83. The number of benzene rings is 1. The zero-order valence-corrected chi connectivity index (χ0v) is 15.8. The van der Waals surface area contributed by atoms with Gasteiger partial charge in [-0.2, -0.15) is 0 Å². The lowest BCUT2D eigenvalue weighted by molar-refractivity contribution is -0.160. The molecule has 1 heterocycles. The van der Waals surface area contributed by atoms with Gasteiger partial charge in [0.15, 0.2) is 5.92 Å². The molecule has 23 heavy (non-hydrogen) atoms. The first kappa shape index (κ1) is 17.9. The van der Waals surface area contributed by atoms with E-state index in [1.54, 1.807) is 19.1 Å². The van der Waals surface area contributed by atoms with Crippen molar-refractivity contribution in [3.8, 4) is 5.75 Å². The van der Waals surface area contributed by atoms with Crippen molar-refractivity contribution in [1.29, 1.82) is 0 Å². The molecule has 0 bridgehead atoms. The van der Waals surface area contributed by atoms with Crippen LogP contribution in [-0.4, -0.2) is 32.1 Å². The van der Waals surface area contributed by atoms with Gasteiger partial charge >= 0.3 is 17.9 Å². The van der Waals surface area contributed by atoms with Gasteiger partial charge in [0, 0.05) is 16.0 Å². The van der Waals surface area contributed by atoms with Gasteiger partial charge in [0.1, 0.15) is 5.75 Å². The van der Waals surface area contributed by atoms with Crippen molar-refractivity contribution in [1.82, 2.24) is 0 Å². The van der Waals surface area contributed by atoms with E-state index in [4.69, 9.17) is 14.2 Å². The van der Waals surface area contributed by atoms with Crippen LogP contribution in [0.5, 0.6) is 5.75 Å². The molecule has 0 amide bonds. The van der Waals surface area contributed by atoms with E-state index in [-0.39, 0.29) is 0 Å². The predicted octanol–water partition coefficient (Wildman–Crippen LogP) is 2.81. The fourth-order valence-electron chi connectivity index (χ4n) is 2.69. The average Bonchev–Trinajstić information content (AvgIpc) is 2.52. The molecule has 1 aliphatic rings. The van der Waals surface area contributed by atoms with E-state index in [1.165, 1.54) is 14.2 Å². The standard InChI is InChI=1S/C15H14Br2O6/c1-6(13(18)21-2)10-8-4-7(16)5-9(17)12(8)23-15(20)11(10)14(19)22-3/h4-6,10-11H,1-3H3. The molecule has 124 valence electrons. The van der Waals surface area contributed by atoms with E-state index in [0.29, 0.717) is 20.3 Å². The molecule has 0 saturated carbocycles. The fourth-order valence-corrected chi connectivity index (χ4v) is 4.03. The summed E-state index contributed by atoms with van der Waals surface area (Å²) in [5.74, 6) is -4.47. The molecule has 3 atom stereocenters. The maximum Gasteiger partial charge on any atom is 0.326 e. The van der Waals surface area contributed by atoms with Crippen LogP contribution in [0.1, 0.15) is 18.4 Å². The molecule has 1 aromatic carbocycles. The number of rotatable bonds is 3. The topological polar surface area (TPSA) is 78.9 Å². The normalized spacial score (nSPS) is 21.0. The Morgan fingerprint density at radius 2 is 1.87 bits per heavy atom. The lowest BCUT2D eigenvalue weighted by Gasteiger charge is -2.33. The van der Waals surface area contributed by atoms with Crippen molar-refractivity contribution in [3.05, 3.63) is 26.6 Å². The maximum atomic E-state index is 12.3. The largest absolute Gasteiger partial charge is 0.469 e. The number of halogens is 2. The Morgan fingerprint density at radius 3 is 2.43 bits per heavy atom. The van der Waals surface area contributed by atoms with Crippen molar-refractivity contribution in [2.24, 2.45) is 11.8 Å². The van der Waals surface area contributed by atoms with E-state index in [0.717, 1.165) is 0 Å². The minimum atomic E-state index is -1.23. The summed E-state index contributed by atoms with van der Waals surface area (Å²) in [4.78, 5) is 36.4. The lowest BCUT2D eigenvalue weighted by atomic mass is 9.75. The number of fused-ring (bicyclic) bond motifs is 1. The second-order valence-electron chi connectivity index (χ2n) is 5.07. The quantitative estimate of drug-likeness (QED) is 0.401. The number of carbonyl (C=O) groups excluding carboxylic acids is 3. The Balaban J connectivity index is 2.65. The second kappa shape index (κ2) is 7.00. The highest BCUT2D eigenvalue weighted by Gasteiger charge is 2.48. The first-order valence-corrected chi connectivity index (χ1v) is 8.26. The molecule has 0 fully saturated rings. The summed E-state index contributed by atoms with van der Waals surface area (Å²) in [5.41, 5.74) is 0.555. The van der Waals surface area contributed by atoms with Crippen molar-refractivity contribution in [3.63, 3.8) is 0 Å². The summed E-state index contributed by atoms with van der Waals surface area (Å²) in [6, 6.07) is 3.43. The molecule has 1 aliphatic heterocycles. The molecule has 3 unspecified atom stereocenters. The van der Waals surface area contributed by atoms with Crippen LogP contribution in [0.15, 0.2) is 21.1 Å². The smallest absolute Gasteiger partial charge is 0.326 e. The van der Waals surface area contributed by atoms with E-state index >= 15 is 0 Å². The number of hydrogen-bond donors (Lipinski definition) is 0. The summed E-state index contributed by atoms with van der Waals surface area (Å²) >= 11 is 6.68. The third kappa shape index (κ3) is 3.28. The second-order valence-corrected chi connectivity index (χ2v) is 6.84. The van der Waals surface area contributed by atoms with Crippen molar-refractivity contribution >= 4 is 49.8 Å². The zero-order chi connectivity index (χ0) is 17.3. The van der Waals surface area contributed by atoms with Crippen LogP contribution in [0.3, 0.4) is 0 Å². The van der Waals surface area contributed by atoms with E-state index in [9.17, 15) is 14.4 Å². The first-order chi connectivity index (χ1) is 10.8. The first-order valence-electron chi connectivity index (χ1n) is 6.68. The van der Waals surface area contributed by atoms with Gasteiger partial charge in [0.25, 0.3) is 0 Å². The predicted molar refractivity (Wildman–Crippen MR) is 86.9 cm³/mol. The molecule has 0 radical (unpaired) electrons. The molecule has 0 saturated heterocycles. The summed E-state index contributed by atoms with van der Waals surface area (Å²) in [5, 5.41) is 0. The van der Waals surface area contributed by atoms with E-state index < -0.39 is 35.7 Å². The SMILES string of the molecule is COC(=O)C(C)C1c2cc(Br)cc(Br)c2OC(=O)C1C(=O)OC. The van der Waals surface area contributed by atoms with Crippen LogP contribution in [-0.2, 0) is 23.9 Å². The molecule has 0 aromatic heterocycles. The highest BCUT2D eigenvalue weighted by atomic mass is 79.9. The summed E-state index contributed by atoms with van der Waals surface area (Å²) in [6.45, 7) is 1.60. The fraction of sp³-hybridized carbons (Fsp3) is 0.400. The van der Waals surface area contributed by atoms with Gasteiger partial charge in [0.05, 0.1) is 24.6 Å². The number of hydrogen-bond acceptors (Lipinski definition) is 6. The summed E-state index contributed by atoms with van der Waals surface area (Å²) < 4.78 is 16.0. The van der Waals surface area contributed by atoms with Crippen LogP contribution in [0, 0.1) is 11.8 Å². The molecule has 0 N–H and O–H groups in total. The number of carbonyl (C=O) groups is 3. The Labute approximate surface area is 149 Å². The van der Waals surface area contributed by atoms with E-state index in [2.05, 4.69) is 31.9 Å². The molecule has 0 aliphatic carbocycles. The summed E-state index contributed by atoms with van der Waals surface area (Å²) in [6.07, 6.45) is 0. The Hall–Kier alpha value is -1.41. The van der Waals surface area contributed by atoms with Crippen molar-refractivity contribution < 1.29 is 28.6 Å². The highest BCUT2D eigenvalue weighted by Crippen LogP contribution is 2.47. The average molecular weight is 450 g/mol. The highest BCUT2D eigenvalue weighted by molar-refractivity contribution is 9.11. The van der Waals surface area contributed by atoms with Crippen LogP contribution in [0.4, 0.5) is 0 Å². The van der Waals surface area contributed by atoms with Crippen LogP contribution in [0.2, 0.25) is 0 Å². The van der Waals surface area contributed by atoms with Gasteiger partial charge in [-0.1, -0.05) is 22.9 Å². The zero-order valence-electron chi connectivity index (χ0n) is 12.6. The lowest BCUT2D eigenvalue weighted by Crippen LogP contribution is -2.42. The Kier molecular flexibility index (Phi) is 5.46.